The zero-order valence-electron chi connectivity index (χ0n) is 10.4. The molecule has 0 fully saturated rings. The molecular weight excluding hydrogens is 236 g/mol. The summed E-state index contributed by atoms with van der Waals surface area (Å²) in [5.41, 5.74) is 0.910. The molecule has 0 saturated heterocycles. The Kier molecular flexibility index (Phi) is 5.17. The molecule has 0 heterocycles. The van der Waals surface area contributed by atoms with Crippen LogP contribution in [0.4, 0.5) is 0 Å². The average molecular weight is 252 g/mol. The van der Waals surface area contributed by atoms with Crippen molar-refractivity contribution in [3.63, 3.8) is 0 Å². The molecule has 0 amide bonds. The van der Waals surface area contributed by atoms with E-state index in [1.54, 1.807) is 12.1 Å². The minimum absolute atomic E-state index is 0.120. The molecule has 0 unspecified atom stereocenters. The van der Waals surface area contributed by atoms with E-state index in [9.17, 15) is 9.59 Å². The number of esters is 1. The van der Waals surface area contributed by atoms with Gasteiger partial charge in [-0.25, -0.2) is 0 Å². The molecule has 0 aliphatic heterocycles. The Labute approximate surface area is 105 Å². The second-order valence-electron chi connectivity index (χ2n) is 3.83. The molecule has 5 nitrogen and oxygen atoms in total. The standard InChI is InChI=1S/C13H16O5/c1-9(14)18-12-8-10(4-3-5-13(15)16)6-7-11(12)17-2/h6-8H,3-5H2,1-2H3,(H,15,16). The number of rotatable bonds is 6. The Hall–Kier alpha value is -2.04. The second-order valence-corrected chi connectivity index (χ2v) is 3.83. The fraction of sp³-hybridized carbons (Fsp3) is 0.385. The molecule has 0 aliphatic carbocycles. The molecule has 0 radical (unpaired) electrons. The summed E-state index contributed by atoms with van der Waals surface area (Å²) in [7, 11) is 1.49. The molecule has 0 spiro atoms. The summed E-state index contributed by atoms with van der Waals surface area (Å²) in [5, 5.41) is 8.56. The summed E-state index contributed by atoms with van der Waals surface area (Å²) < 4.78 is 10.1. The Balaban J connectivity index is 2.75. The summed E-state index contributed by atoms with van der Waals surface area (Å²) in [5.74, 6) is -0.398. The Morgan fingerprint density at radius 3 is 2.56 bits per heavy atom. The summed E-state index contributed by atoms with van der Waals surface area (Å²) in [6.07, 6.45) is 1.28. The number of benzene rings is 1. The maximum atomic E-state index is 10.9. The van der Waals surface area contributed by atoms with Gasteiger partial charge in [0, 0.05) is 13.3 Å². The van der Waals surface area contributed by atoms with Crippen LogP contribution >= 0.6 is 0 Å². The largest absolute Gasteiger partial charge is 0.493 e. The van der Waals surface area contributed by atoms with Crippen LogP contribution in [0.5, 0.6) is 11.5 Å². The van der Waals surface area contributed by atoms with E-state index in [2.05, 4.69) is 0 Å². The van der Waals surface area contributed by atoms with Gasteiger partial charge < -0.3 is 14.6 Å². The summed E-state index contributed by atoms with van der Waals surface area (Å²) >= 11 is 0. The van der Waals surface area contributed by atoms with E-state index < -0.39 is 11.9 Å². The topological polar surface area (TPSA) is 72.8 Å². The van der Waals surface area contributed by atoms with Crippen molar-refractivity contribution in [1.82, 2.24) is 0 Å². The van der Waals surface area contributed by atoms with Crippen molar-refractivity contribution in [2.75, 3.05) is 7.11 Å². The van der Waals surface area contributed by atoms with Crippen molar-refractivity contribution < 1.29 is 24.2 Å². The van der Waals surface area contributed by atoms with Crippen LogP contribution in [0, 0.1) is 0 Å². The minimum atomic E-state index is -0.816. The van der Waals surface area contributed by atoms with Crippen LogP contribution in [0.1, 0.15) is 25.3 Å². The lowest BCUT2D eigenvalue weighted by atomic mass is 10.1. The first-order chi connectivity index (χ1) is 8.52. The molecule has 0 saturated carbocycles. The smallest absolute Gasteiger partial charge is 0.308 e. The van der Waals surface area contributed by atoms with Crippen molar-refractivity contribution in [3.05, 3.63) is 23.8 Å². The molecule has 0 bridgehead atoms. The van der Waals surface area contributed by atoms with E-state index in [1.807, 2.05) is 6.07 Å². The number of hydrogen-bond acceptors (Lipinski definition) is 4. The number of carboxylic acids is 1. The minimum Gasteiger partial charge on any atom is -0.493 e. The van der Waals surface area contributed by atoms with Crippen LogP contribution in [0.2, 0.25) is 0 Å². The summed E-state index contributed by atoms with van der Waals surface area (Å²) in [6, 6.07) is 5.23. The van der Waals surface area contributed by atoms with E-state index in [0.29, 0.717) is 24.3 Å². The highest BCUT2D eigenvalue weighted by Crippen LogP contribution is 2.28. The quantitative estimate of drug-likeness (QED) is 0.619. The van der Waals surface area contributed by atoms with Crippen LogP contribution in [-0.2, 0) is 16.0 Å². The van der Waals surface area contributed by atoms with Gasteiger partial charge in [-0.2, -0.15) is 0 Å². The van der Waals surface area contributed by atoms with E-state index >= 15 is 0 Å². The number of aliphatic carboxylic acids is 1. The lowest BCUT2D eigenvalue weighted by Gasteiger charge is -2.09. The molecule has 0 aromatic heterocycles. The monoisotopic (exact) mass is 252 g/mol. The van der Waals surface area contributed by atoms with Crippen LogP contribution in [0.15, 0.2) is 18.2 Å². The zero-order valence-corrected chi connectivity index (χ0v) is 10.4. The van der Waals surface area contributed by atoms with Gasteiger partial charge in [0.25, 0.3) is 0 Å². The molecule has 1 aromatic carbocycles. The van der Waals surface area contributed by atoms with Gasteiger partial charge in [-0.15, -0.1) is 0 Å². The van der Waals surface area contributed by atoms with E-state index in [0.717, 1.165) is 5.56 Å². The number of aryl methyl sites for hydroxylation is 1. The van der Waals surface area contributed by atoms with E-state index in [4.69, 9.17) is 14.6 Å². The predicted molar refractivity (Wildman–Crippen MR) is 64.9 cm³/mol. The first-order valence-electron chi connectivity index (χ1n) is 5.60. The van der Waals surface area contributed by atoms with Gasteiger partial charge in [0.05, 0.1) is 7.11 Å². The number of ether oxygens (including phenoxy) is 2. The first kappa shape index (κ1) is 14.0. The molecule has 0 aliphatic rings. The second kappa shape index (κ2) is 6.64. The third-order valence-electron chi connectivity index (χ3n) is 2.34. The van der Waals surface area contributed by atoms with E-state index in [1.165, 1.54) is 14.0 Å². The molecule has 18 heavy (non-hydrogen) atoms. The highest BCUT2D eigenvalue weighted by Gasteiger charge is 2.08. The predicted octanol–water partition coefficient (Wildman–Crippen LogP) is 2.03. The molecule has 1 aromatic rings. The zero-order chi connectivity index (χ0) is 13.5. The molecule has 1 rings (SSSR count). The highest BCUT2D eigenvalue weighted by atomic mass is 16.6. The lowest BCUT2D eigenvalue weighted by Crippen LogP contribution is -2.04. The number of carbonyl (C=O) groups is 2. The van der Waals surface area contributed by atoms with Gasteiger partial charge in [0.1, 0.15) is 0 Å². The van der Waals surface area contributed by atoms with E-state index in [-0.39, 0.29) is 6.42 Å². The van der Waals surface area contributed by atoms with Gasteiger partial charge in [0.2, 0.25) is 0 Å². The lowest BCUT2D eigenvalue weighted by molar-refractivity contribution is -0.137. The third-order valence-corrected chi connectivity index (χ3v) is 2.34. The van der Waals surface area contributed by atoms with Crippen molar-refractivity contribution in [2.45, 2.75) is 26.2 Å². The first-order valence-corrected chi connectivity index (χ1v) is 5.60. The third kappa shape index (κ3) is 4.45. The van der Waals surface area contributed by atoms with Crippen molar-refractivity contribution in [1.29, 1.82) is 0 Å². The Morgan fingerprint density at radius 2 is 2.00 bits per heavy atom. The normalized spacial score (nSPS) is 9.89. The summed E-state index contributed by atoms with van der Waals surface area (Å²) in [4.78, 5) is 21.4. The van der Waals surface area contributed by atoms with Crippen LogP contribution in [0.25, 0.3) is 0 Å². The van der Waals surface area contributed by atoms with Crippen LogP contribution in [0.3, 0.4) is 0 Å². The molecule has 1 N–H and O–H groups in total. The molecule has 0 atom stereocenters. The maximum absolute atomic E-state index is 10.9. The van der Waals surface area contributed by atoms with Crippen LogP contribution in [-0.4, -0.2) is 24.2 Å². The van der Waals surface area contributed by atoms with Gasteiger partial charge in [-0.1, -0.05) is 6.07 Å². The van der Waals surface area contributed by atoms with Crippen molar-refractivity contribution >= 4 is 11.9 Å². The highest BCUT2D eigenvalue weighted by molar-refractivity contribution is 5.70. The van der Waals surface area contributed by atoms with Crippen molar-refractivity contribution in [3.8, 4) is 11.5 Å². The SMILES string of the molecule is COc1ccc(CCCC(=O)O)cc1OC(C)=O. The average Bonchev–Trinajstić information content (AvgIpc) is 2.28. The molecule has 98 valence electrons. The molecule has 5 heteroatoms. The fourth-order valence-electron chi connectivity index (χ4n) is 1.55. The van der Waals surface area contributed by atoms with Gasteiger partial charge in [-0.3, -0.25) is 9.59 Å². The molecular formula is C13H16O5. The number of methoxy groups -OCH3 is 1. The van der Waals surface area contributed by atoms with Gasteiger partial charge >= 0.3 is 11.9 Å². The number of hydrogen-bond donors (Lipinski definition) is 1. The fourth-order valence-corrected chi connectivity index (χ4v) is 1.55. The number of carboxylic acid groups (broad SMARTS) is 1. The van der Waals surface area contributed by atoms with Crippen molar-refractivity contribution in [2.24, 2.45) is 0 Å². The Bertz CT molecular complexity index is 439. The number of carbonyl (C=O) groups excluding carboxylic acids is 1. The maximum Gasteiger partial charge on any atom is 0.308 e. The van der Waals surface area contributed by atoms with Crippen LogP contribution < -0.4 is 9.47 Å². The van der Waals surface area contributed by atoms with Gasteiger partial charge in [-0.05, 0) is 30.5 Å². The Morgan fingerprint density at radius 1 is 1.28 bits per heavy atom. The summed E-state index contributed by atoms with van der Waals surface area (Å²) in [6.45, 7) is 1.32. The van der Waals surface area contributed by atoms with Gasteiger partial charge in [0.15, 0.2) is 11.5 Å².